The van der Waals surface area contributed by atoms with Crippen LogP contribution in [0.25, 0.3) is 0 Å². The first-order chi connectivity index (χ1) is 13.9. The van der Waals surface area contributed by atoms with Gasteiger partial charge in [-0.1, -0.05) is 19.8 Å². The highest BCUT2D eigenvalue weighted by molar-refractivity contribution is 5.93. The normalized spacial score (nSPS) is 22.8. The second kappa shape index (κ2) is 9.24. The Kier molecular flexibility index (Phi) is 6.71. The van der Waals surface area contributed by atoms with Gasteiger partial charge in [0, 0.05) is 25.2 Å². The molecule has 0 aromatic heterocycles. The molecule has 1 aromatic rings. The molecule has 158 valence electrons. The van der Waals surface area contributed by atoms with Gasteiger partial charge in [-0.05, 0) is 50.7 Å². The molecule has 2 fully saturated rings. The van der Waals surface area contributed by atoms with Crippen molar-refractivity contribution in [3.8, 4) is 0 Å². The van der Waals surface area contributed by atoms with Gasteiger partial charge in [-0.2, -0.15) is 0 Å². The molecular formula is C21H29N3O5. The van der Waals surface area contributed by atoms with Crippen molar-refractivity contribution in [3.63, 3.8) is 0 Å². The summed E-state index contributed by atoms with van der Waals surface area (Å²) in [4.78, 5) is 37.9. The summed E-state index contributed by atoms with van der Waals surface area (Å²) in [5.41, 5.74) is 0.473. The number of amides is 1. The second-order valence-corrected chi connectivity index (χ2v) is 8.08. The maximum atomic E-state index is 12.5. The molecule has 0 spiro atoms. The molecule has 3 atom stereocenters. The van der Waals surface area contributed by atoms with E-state index < -0.39 is 17.0 Å². The number of nitrogens with zero attached hydrogens (tertiary/aromatic N) is 2. The molecule has 1 amide bonds. The largest absolute Gasteiger partial charge is 0.449 e. The van der Waals surface area contributed by atoms with Crippen LogP contribution in [0, 0.1) is 16.0 Å². The number of ether oxygens (including phenoxy) is 1. The molecule has 0 bridgehead atoms. The number of rotatable bonds is 6. The number of hydrogen-bond acceptors (Lipinski definition) is 6. The van der Waals surface area contributed by atoms with Crippen LogP contribution in [0.5, 0.6) is 0 Å². The summed E-state index contributed by atoms with van der Waals surface area (Å²) >= 11 is 0. The maximum absolute atomic E-state index is 12.5. The Labute approximate surface area is 170 Å². The maximum Gasteiger partial charge on any atom is 0.339 e. The highest BCUT2D eigenvalue weighted by Crippen LogP contribution is 2.32. The number of nitrogens with one attached hydrogen (secondary N) is 1. The third-order valence-electron chi connectivity index (χ3n) is 5.95. The van der Waals surface area contributed by atoms with Crippen molar-refractivity contribution in [1.82, 2.24) is 5.32 Å². The molecule has 1 aliphatic heterocycles. The Bertz CT molecular complexity index is 776. The Morgan fingerprint density at radius 2 is 1.90 bits per heavy atom. The Morgan fingerprint density at radius 3 is 2.55 bits per heavy atom. The lowest BCUT2D eigenvalue weighted by molar-refractivity contribution is -0.384. The van der Waals surface area contributed by atoms with Gasteiger partial charge in [0.1, 0.15) is 5.69 Å². The van der Waals surface area contributed by atoms with Crippen molar-refractivity contribution in [2.45, 2.75) is 64.5 Å². The van der Waals surface area contributed by atoms with Crippen LogP contribution >= 0.6 is 0 Å². The average molecular weight is 403 g/mol. The van der Waals surface area contributed by atoms with Crippen molar-refractivity contribution in [1.29, 1.82) is 0 Å². The zero-order chi connectivity index (χ0) is 21.0. The smallest absolute Gasteiger partial charge is 0.339 e. The molecule has 0 unspecified atom stereocenters. The summed E-state index contributed by atoms with van der Waals surface area (Å²) in [6.45, 7) is 5.17. The van der Waals surface area contributed by atoms with Crippen LogP contribution in [0.2, 0.25) is 0 Å². The molecule has 1 saturated heterocycles. The van der Waals surface area contributed by atoms with Crippen LogP contribution in [0.15, 0.2) is 18.2 Å². The number of carbonyl (C=O) groups is 2. The molecule has 8 nitrogen and oxygen atoms in total. The van der Waals surface area contributed by atoms with Crippen molar-refractivity contribution in [2.24, 2.45) is 5.92 Å². The standard InChI is InChI=1S/C21H29N3O5/c1-14-7-3-4-8-17(14)22-20(25)15(2)29-21(26)16-9-10-18(19(13-16)24(27)28)23-11-5-6-12-23/h9-10,13-15,17H,3-8,11-12H2,1-2H3,(H,22,25)/t14-,15-,17-/m1/s1. The summed E-state index contributed by atoms with van der Waals surface area (Å²) < 4.78 is 5.29. The minimum absolute atomic E-state index is 0.0744. The monoisotopic (exact) mass is 403 g/mol. The van der Waals surface area contributed by atoms with E-state index in [4.69, 9.17) is 4.74 Å². The van der Waals surface area contributed by atoms with E-state index in [1.165, 1.54) is 25.5 Å². The van der Waals surface area contributed by atoms with E-state index in [1.807, 2.05) is 4.90 Å². The van der Waals surface area contributed by atoms with Gasteiger partial charge in [0.2, 0.25) is 0 Å². The highest BCUT2D eigenvalue weighted by Gasteiger charge is 2.28. The number of nitro groups is 1. The molecule has 2 aliphatic rings. The zero-order valence-electron chi connectivity index (χ0n) is 17.1. The van der Waals surface area contributed by atoms with Crippen LogP contribution < -0.4 is 10.2 Å². The van der Waals surface area contributed by atoms with E-state index in [9.17, 15) is 19.7 Å². The fraction of sp³-hybridized carbons (Fsp3) is 0.619. The third kappa shape index (κ3) is 5.05. The van der Waals surface area contributed by atoms with Gasteiger partial charge in [-0.25, -0.2) is 4.79 Å². The first-order valence-corrected chi connectivity index (χ1v) is 10.4. The lowest BCUT2D eigenvalue weighted by atomic mass is 9.86. The summed E-state index contributed by atoms with van der Waals surface area (Å²) in [5, 5.41) is 14.5. The average Bonchev–Trinajstić information content (AvgIpc) is 3.23. The molecule has 0 radical (unpaired) electrons. The number of nitro benzene ring substituents is 1. The van der Waals surface area contributed by atoms with E-state index in [1.54, 1.807) is 6.07 Å². The van der Waals surface area contributed by atoms with E-state index in [2.05, 4.69) is 12.2 Å². The van der Waals surface area contributed by atoms with Crippen LogP contribution in [0.3, 0.4) is 0 Å². The molecule has 3 rings (SSSR count). The molecular weight excluding hydrogens is 374 g/mol. The SMILES string of the molecule is C[C@@H]1CCCC[C@H]1NC(=O)[C@@H](C)OC(=O)c1ccc(N2CCCC2)c([N+](=O)[O-])c1. The predicted octanol–water partition coefficient (Wildman–Crippen LogP) is 3.44. The summed E-state index contributed by atoms with van der Waals surface area (Å²) in [5.74, 6) is -0.669. The summed E-state index contributed by atoms with van der Waals surface area (Å²) in [6, 6.07) is 4.45. The van der Waals surface area contributed by atoms with Crippen molar-refractivity contribution in [2.75, 3.05) is 18.0 Å². The number of anilines is 1. The van der Waals surface area contributed by atoms with Gasteiger partial charge in [-0.15, -0.1) is 0 Å². The number of hydrogen-bond donors (Lipinski definition) is 1. The third-order valence-corrected chi connectivity index (χ3v) is 5.95. The number of carbonyl (C=O) groups excluding carboxylic acids is 2. The van der Waals surface area contributed by atoms with E-state index in [0.717, 1.165) is 45.2 Å². The van der Waals surface area contributed by atoms with Gasteiger partial charge in [0.15, 0.2) is 6.10 Å². The van der Waals surface area contributed by atoms with Gasteiger partial charge in [0.25, 0.3) is 11.6 Å². The fourth-order valence-corrected chi connectivity index (χ4v) is 4.13. The van der Waals surface area contributed by atoms with Gasteiger partial charge >= 0.3 is 5.97 Å². The highest BCUT2D eigenvalue weighted by atomic mass is 16.6. The molecule has 1 N–H and O–H groups in total. The molecule has 1 saturated carbocycles. The Hall–Kier alpha value is -2.64. The lowest BCUT2D eigenvalue weighted by Gasteiger charge is -2.30. The zero-order valence-corrected chi connectivity index (χ0v) is 17.1. The second-order valence-electron chi connectivity index (χ2n) is 8.08. The minimum Gasteiger partial charge on any atom is -0.449 e. The first-order valence-electron chi connectivity index (χ1n) is 10.4. The van der Waals surface area contributed by atoms with Crippen LogP contribution in [-0.4, -0.2) is 42.0 Å². The fourth-order valence-electron chi connectivity index (χ4n) is 4.13. The number of benzene rings is 1. The quantitative estimate of drug-likeness (QED) is 0.443. The molecule has 8 heteroatoms. The van der Waals surface area contributed by atoms with Crippen LogP contribution in [-0.2, 0) is 9.53 Å². The minimum atomic E-state index is -0.964. The van der Waals surface area contributed by atoms with E-state index in [0.29, 0.717) is 11.6 Å². The molecule has 1 aliphatic carbocycles. The van der Waals surface area contributed by atoms with Gasteiger partial charge in [0.05, 0.1) is 10.5 Å². The van der Waals surface area contributed by atoms with Crippen molar-refractivity contribution in [3.05, 3.63) is 33.9 Å². The van der Waals surface area contributed by atoms with E-state index >= 15 is 0 Å². The first kappa shape index (κ1) is 21.1. The van der Waals surface area contributed by atoms with E-state index in [-0.39, 0.29) is 23.2 Å². The summed E-state index contributed by atoms with van der Waals surface area (Å²) in [6.07, 6.45) is 5.28. The topological polar surface area (TPSA) is 102 Å². The van der Waals surface area contributed by atoms with Crippen molar-refractivity contribution >= 4 is 23.3 Å². The van der Waals surface area contributed by atoms with Crippen LogP contribution in [0.4, 0.5) is 11.4 Å². The Balaban J connectivity index is 1.65. The lowest BCUT2D eigenvalue weighted by Crippen LogP contribution is -2.46. The number of esters is 1. The predicted molar refractivity (Wildman–Crippen MR) is 109 cm³/mol. The van der Waals surface area contributed by atoms with Gasteiger partial charge < -0.3 is 15.0 Å². The molecule has 29 heavy (non-hydrogen) atoms. The Morgan fingerprint density at radius 1 is 1.21 bits per heavy atom. The molecule has 1 aromatic carbocycles. The summed E-state index contributed by atoms with van der Waals surface area (Å²) in [7, 11) is 0. The van der Waals surface area contributed by atoms with Crippen molar-refractivity contribution < 1.29 is 19.2 Å². The van der Waals surface area contributed by atoms with Crippen LogP contribution in [0.1, 0.15) is 62.7 Å². The van der Waals surface area contributed by atoms with Gasteiger partial charge in [-0.3, -0.25) is 14.9 Å². The molecule has 1 heterocycles.